The van der Waals surface area contributed by atoms with Gasteiger partial charge in [-0.05, 0) is 49.8 Å². The number of ether oxygens (including phenoxy) is 3. The smallest absolute Gasteiger partial charge is 0.397 e. The molecule has 1 saturated heterocycles. The average molecular weight is 319 g/mol. The molecule has 0 atom stereocenters. The van der Waals surface area contributed by atoms with Crippen LogP contribution in [0.15, 0.2) is 18.2 Å². The Kier molecular flexibility index (Phi) is 4.69. The van der Waals surface area contributed by atoms with Crippen molar-refractivity contribution in [1.82, 2.24) is 4.90 Å². The highest BCUT2D eigenvalue weighted by atomic mass is 16.7. The lowest BCUT2D eigenvalue weighted by atomic mass is 9.90. The van der Waals surface area contributed by atoms with Crippen molar-refractivity contribution in [2.45, 2.75) is 26.2 Å². The van der Waals surface area contributed by atoms with Gasteiger partial charge in [-0.1, -0.05) is 6.07 Å². The molecule has 2 heterocycles. The van der Waals surface area contributed by atoms with E-state index in [9.17, 15) is 9.59 Å². The summed E-state index contributed by atoms with van der Waals surface area (Å²) in [6.07, 6.45) is 2.72. The van der Waals surface area contributed by atoms with E-state index in [1.807, 2.05) is 12.1 Å². The first kappa shape index (κ1) is 15.6. The summed E-state index contributed by atoms with van der Waals surface area (Å²) in [5.74, 6) is 0.831. The third-order valence-corrected chi connectivity index (χ3v) is 4.31. The molecule has 6 heteroatoms. The van der Waals surface area contributed by atoms with E-state index in [-0.39, 0.29) is 13.4 Å². The molecule has 1 aromatic carbocycles. The van der Waals surface area contributed by atoms with Crippen LogP contribution in [0, 0.1) is 5.92 Å². The summed E-state index contributed by atoms with van der Waals surface area (Å²) >= 11 is 0. The van der Waals surface area contributed by atoms with Gasteiger partial charge < -0.3 is 19.1 Å². The minimum Gasteiger partial charge on any atom is -0.459 e. The highest BCUT2D eigenvalue weighted by molar-refractivity contribution is 6.32. The van der Waals surface area contributed by atoms with E-state index in [4.69, 9.17) is 14.2 Å². The number of carbonyl (C=O) groups is 2. The lowest BCUT2D eigenvalue weighted by Gasteiger charge is -2.31. The second-order valence-corrected chi connectivity index (χ2v) is 5.85. The summed E-state index contributed by atoms with van der Waals surface area (Å²) in [4.78, 5) is 25.0. The van der Waals surface area contributed by atoms with Crippen molar-refractivity contribution in [3.63, 3.8) is 0 Å². The van der Waals surface area contributed by atoms with Crippen molar-refractivity contribution in [2.75, 3.05) is 26.5 Å². The summed E-state index contributed by atoms with van der Waals surface area (Å²) in [5, 5.41) is 0. The summed E-state index contributed by atoms with van der Waals surface area (Å²) in [6.45, 7) is 3.42. The number of nitrogens with zero attached hydrogens (tertiary/aromatic N) is 1. The van der Waals surface area contributed by atoms with Crippen LogP contribution in [0.25, 0.3) is 0 Å². The molecule has 1 aromatic rings. The Balaban J connectivity index is 1.51. The molecule has 6 nitrogen and oxygen atoms in total. The molecule has 2 aliphatic rings. The molecule has 124 valence electrons. The molecule has 0 spiro atoms. The van der Waals surface area contributed by atoms with Gasteiger partial charge in [-0.25, -0.2) is 4.79 Å². The lowest BCUT2D eigenvalue weighted by molar-refractivity contribution is -0.160. The maximum atomic E-state index is 11.9. The van der Waals surface area contributed by atoms with Gasteiger partial charge in [0.1, 0.15) is 0 Å². The van der Waals surface area contributed by atoms with E-state index >= 15 is 0 Å². The van der Waals surface area contributed by atoms with E-state index in [0.717, 1.165) is 30.8 Å². The van der Waals surface area contributed by atoms with Crippen LogP contribution in [0.2, 0.25) is 0 Å². The SMILES string of the molecule is CCOC(=O)C(=O)N1CCC(Cc2ccc3c(c2)OCO3)CC1. The number of amides is 1. The fourth-order valence-electron chi connectivity index (χ4n) is 3.06. The number of fused-ring (bicyclic) bond motifs is 1. The van der Waals surface area contributed by atoms with E-state index in [2.05, 4.69) is 6.07 Å². The highest BCUT2D eigenvalue weighted by Crippen LogP contribution is 2.34. The van der Waals surface area contributed by atoms with Gasteiger partial charge >= 0.3 is 11.9 Å². The normalized spacial score (nSPS) is 17.2. The zero-order valence-corrected chi connectivity index (χ0v) is 13.2. The number of piperidine rings is 1. The zero-order chi connectivity index (χ0) is 16.2. The van der Waals surface area contributed by atoms with Crippen molar-refractivity contribution in [3.05, 3.63) is 23.8 Å². The maximum Gasteiger partial charge on any atom is 0.397 e. The number of likely N-dealkylation sites (tertiary alicyclic amines) is 1. The molecule has 0 aliphatic carbocycles. The van der Waals surface area contributed by atoms with Crippen LogP contribution in [0.3, 0.4) is 0 Å². The molecule has 1 fully saturated rings. The van der Waals surface area contributed by atoms with Crippen LogP contribution < -0.4 is 9.47 Å². The van der Waals surface area contributed by atoms with Crippen LogP contribution in [0.5, 0.6) is 11.5 Å². The minimum atomic E-state index is -0.748. The molecule has 0 N–H and O–H groups in total. The first-order valence-corrected chi connectivity index (χ1v) is 8.02. The molecule has 0 bridgehead atoms. The van der Waals surface area contributed by atoms with Gasteiger partial charge in [0.15, 0.2) is 11.5 Å². The highest BCUT2D eigenvalue weighted by Gasteiger charge is 2.28. The molecule has 3 rings (SSSR count). The molecule has 0 radical (unpaired) electrons. The standard InChI is InChI=1S/C17H21NO5/c1-2-21-17(20)16(19)18-7-5-12(6-8-18)9-13-3-4-14-15(10-13)23-11-22-14/h3-4,10,12H,2,5-9,11H2,1H3. The largest absolute Gasteiger partial charge is 0.459 e. The van der Waals surface area contributed by atoms with Gasteiger partial charge in [-0.15, -0.1) is 0 Å². The Morgan fingerprint density at radius 3 is 2.70 bits per heavy atom. The molecule has 1 amide bonds. The van der Waals surface area contributed by atoms with Gasteiger partial charge in [0.05, 0.1) is 6.61 Å². The first-order chi connectivity index (χ1) is 11.2. The fourth-order valence-corrected chi connectivity index (χ4v) is 3.06. The van der Waals surface area contributed by atoms with Crippen LogP contribution in [0.1, 0.15) is 25.3 Å². The van der Waals surface area contributed by atoms with Gasteiger partial charge in [-0.2, -0.15) is 0 Å². The Labute approximate surface area is 135 Å². The van der Waals surface area contributed by atoms with Crippen LogP contribution in [-0.4, -0.2) is 43.3 Å². The van der Waals surface area contributed by atoms with E-state index in [1.54, 1.807) is 11.8 Å². The summed E-state index contributed by atoms with van der Waals surface area (Å²) in [7, 11) is 0. The topological polar surface area (TPSA) is 65.1 Å². The minimum absolute atomic E-state index is 0.227. The summed E-state index contributed by atoms with van der Waals surface area (Å²) in [5.41, 5.74) is 1.21. The van der Waals surface area contributed by atoms with Gasteiger partial charge in [0, 0.05) is 13.1 Å². The third kappa shape index (κ3) is 3.57. The molecule has 2 aliphatic heterocycles. The molecule has 0 unspecified atom stereocenters. The summed E-state index contributed by atoms with van der Waals surface area (Å²) < 4.78 is 15.5. The summed E-state index contributed by atoms with van der Waals surface area (Å²) in [6, 6.07) is 6.03. The Morgan fingerprint density at radius 2 is 1.96 bits per heavy atom. The van der Waals surface area contributed by atoms with Crippen molar-refractivity contribution in [2.24, 2.45) is 5.92 Å². The van der Waals surface area contributed by atoms with Gasteiger partial charge in [0.2, 0.25) is 6.79 Å². The average Bonchev–Trinajstić information content (AvgIpc) is 3.03. The molecule has 0 saturated carbocycles. The first-order valence-electron chi connectivity index (χ1n) is 8.02. The number of benzene rings is 1. The van der Waals surface area contributed by atoms with Gasteiger partial charge in [-0.3, -0.25) is 4.79 Å². The van der Waals surface area contributed by atoms with Crippen LogP contribution in [-0.2, 0) is 20.7 Å². The molecular formula is C17H21NO5. The predicted molar refractivity (Wildman–Crippen MR) is 82.2 cm³/mol. The van der Waals surface area contributed by atoms with Crippen molar-refractivity contribution < 1.29 is 23.8 Å². The predicted octanol–water partition coefficient (Wildman–Crippen LogP) is 1.76. The molecular weight excluding hydrogens is 298 g/mol. The lowest BCUT2D eigenvalue weighted by Crippen LogP contribution is -2.43. The van der Waals surface area contributed by atoms with Crippen molar-refractivity contribution >= 4 is 11.9 Å². The van der Waals surface area contributed by atoms with Crippen molar-refractivity contribution in [1.29, 1.82) is 0 Å². The van der Waals surface area contributed by atoms with E-state index in [0.29, 0.717) is 19.0 Å². The number of carbonyl (C=O) groups excluding carboxylic acids is 2. The second-order valence-electron chi connectivity index (χ2n) is 5.85. The Bertz CT molecular complexity index is 593. The fraction of sp³-hybridized carbons (Fsp3) is 0.529. The molecule has 23 heavy (non-hydrogen) atoms. The third-order valence-electron chi connectivity index (χ3n) is 4.31. The Morgan fingerprint density at radius 1 is 1.22 bits per heavy atom. The number of hydrogen-bond donors (Lipinski definition) is 0. The number of hydrogen-bond acceptors (Lipinski definition) is 5. The van der Waals surface area contributed by atoms with Gasteiger partial charge in [0.25, 0.3) is 0 Å². The second kappa shape index (κ2) is 6.89. The molecule has 0 aromatic heterocycles. The number of rotatable bonds is 3. The zero-order valence-electron chi connectivity index (χ0n) is 13.2. The number of esters is 1. The monoisotopic (exact) mass is 319 g/mol. The van der Waals surface area contributed by atoms with E-state index in [1.165, 1.54) is 5.56 Å². The van der Waals surface area contributed by atoms with Crippen molar-refractivity contribution in [3.8, 4) is 11.5 Å². The van der Waals surface area contributed by atoms with E-state index < -0.39 is 11.9 Å². The quantitative estimate of drug-likeness (QED) is 0.627. The van der Waals surface area contributed by atoms with Crippen LogP contribution in [0.4, 0.5) is 0 Å². The van der Waals surface area contributed by atoms with Crippen LogP contribution >= 0.6 is 0 Å². The Hall–Kier alpha value is -2.24. The maximum absolute atomic E-state index is 11.9.